The maximum absolute atomic E-state index is 5.13. The van der Waals surface area contributed by atoms with Crippen molar-refractivity contribution in [3.8, 4) is 67.8 Å². The van der Waals surface area contributed by atoms with Crippen LogP contribution >= 0.6 is 0 Å². The molecule has 6 aromatic carbocycles. The van der Waals surface area contributed by atoms with E-state index in [1.165, 1.54) is 11.1 Å². The van der Waals surface area contributed by atoms with Gasteiger partial charge in [0.2, 0.25) is 0 Å². The van der Waals surface area contributed by atoms with Crippen molar-refractivity contribution >= 4 is 10.8 Å². The first-order chi connectivity index (χ1) is 23.3. The second-order valence-electron chi connectivity index (χ2n) is 11.7. The molecule has 1 aliphatic rings. The van der Waals surface area contributed by atoms with Crippen LogP contribution in [0.5, 0.6) is 0 Å². The van der Waals surface area contributed by atoms with Crippen LogP contribution in [0.25, 0.3) is 78.6 Å². The lowest BCUT2D eigenvalue weighted by atomic mass is 9.95. The third-order valence-corrected chi connectivity index (χ3v) is 8.86. The first kappa shape index (κ1) is 27.0. The van der Waals surface area contributed by atoms with Crippen LogP contribution < -0.4 is 0 Å². The van der Waals surface area contributed by atoms with Gasteiger partial charge in [0.1, 0.15) is 6.33 Å². The number of aromatic nitrogens is 5. The van der Waals surface area contributed by atoms with Crippen molar-refractivity contribution < 1.29 is 0 Å². The molecule has 0 aliphatic heterocycles. The highest BCUT2D eigenvalue weighted by Gasteiger charge is 2.25. The van der Waals surface area contributed by atoms with E-state index in [2.05, 4.69) is 109 Å². The van der Waals surface area contributed by atoms with E-state index in [9.17, 15) is 0 Å². The molecule has 0 radical (unpaired) electrons. The van der Waals surface area contributed by atoms with Crippen LogP contribution in [0, 0.1) is 0 Å². The van der Waals surface area contributed by atoms with E-state index >= 15 is 0 Å². The van der Waals surface area contributed by atoms with Crippen LogP contribution in [0.4, 0.5) is 0 Å². The molecule has 2 aromatic heterocycles. The predicted molar refractivity (Wildman–Crippen MR) is 188 cm³/mol. The van der Waals surface area contributed by atoms with Crippen LogP contribution in [0.15, 0.2) is 152 Å². The Bertz CT molecular complexity index is 2440. The molecule has 0 saturated heterocycles. The number of rotatable bonds is 5. The summed E-state index contributed by atoms with van der Waals surface area (Å²) in [5.74, 6) is 1.86. The first-order valence-electron chi connectivity index (χ1n) is 15.7. The Morgan fingerprint density at radius 2 is 1.00 bits per heavy atom. The highest BCUT2D eigenvalue weighted by atomic mass is 15.0. The van der Waals surface area contributed by atoms with E-state index in [1.807, 2.05) is 36.4 Å². The van der Waals surface area contributed by atoms with E-state index in [1.54, 1.807) is 6.33 Å². The number of nitrogens with zero attached hydrogens (tertiary/aromatic N) is 5. The van der Waals surface area contributed by atoms with E-state index < -0.39 is 0 Å². The Morgan fingerprint density at radius 1 is 0.404 bits per heavy atom. The van der Waals surface area contributed by atoms with E-state index in [0.717, 1.165) is 67.5 Å². The quantitative estimate of drug-likeness (QED) is 0.197. The summed E-state index contributed by atoms with van der Waals surface area (Å²) in [6.45, 7) is 0. The Hall–Kier alpha value is -6.33. The Balaban J connectivity index is 1.25. The monoisotopic (exact) mass is 601 g/mol. The predicted octanol–water partition coefficient (Wildman–Crippen LogP) is 9.72. The molecule has 0 bridgehead atoms. The molecule has 47 heavy (non-hydrogen) atoms. The van der Waals surface area contributed by atoms with Crippen molar-refractivity contribution in [1.29, 1.82) is 0 Å². The van der Waals surface area contributed by atoms with E-state index in [4.69, 9.17) is 24.9 Å². The zero-order valence-electron chi connectivity index (χ0n) is 25.4. The van der Waals surface area contributed by atoms with Crippen molar-refractivity contribution in [3.63, 3.8) is 0 Å². The maximum Gasteiger partial charge on any atom is 0.164 e. The van der Waals surface area contributed by atoms with Crippen LogP contribution in [-0.2, 0) is 6.42 Å². The van der Waals surface area contributed by atoms with Crippen LogP contribution in [0.1, 0.15) is 11.1 Å². The van der Waals surface area contributed by atoms with Crippen molar-refractivity contribution in [2.75, 3.05) is 0 Å². The molecular weight excluding hydrogens is 574 g/mol. The number of hydrogen-bond acceptors (Lipinski definition) is 5. The zero-order chi connectivity index (χ0) is 31.2. The summed E-state index contributed by atoms with van der Waals surface area (Å²) in [5, 5.41) is 2.22. The molecule has 5 nitrogen and oxygen atoms in total. The van der Waals surface area contributed by atoms with Gasteiger partial charge in [-0.15, -0.1) is 0 Å². The fourth-order valence-corrected chi connectivity index (χ4v) is 6.59. The highest BCUT2D eigenvalue weighted by molar-refractivity contribution is 6.00. The van der Waals surface area contributed by atoms with E-state index in [0.29, 0.717) is 17.5 Å². The molecule has 0 atom stereocenters. The molecule has 5 heteroatoms. The van der Waals surface area contributed by atoms with Gasteiger partial charge in [-0.05, 0) is 45.7 Å². The Labute approximate surface area is 272 Å². The molecule has 9 rings (SSSR count). The number of fused-ring (bicyclic) bond motifs is 4. The molecule has 8 aromatic rings. The minimum absolute atomic E-state index is 0.611. The summed E-state index contributed by atoms with van der Waals surface area (Å²) in [5.41, 5.74) is 11.6. The molecular formula is C42H27N5. The summed E-state index contributed by atoms with van der Waals surface area (Å²) < 4.78 is 0. The van der Waals surface area contributed by atoms with Gasteiger partial charge < -0.3 is 0 Å². The summed E-state index contributed by atoms with van der Waals surface area (Å²) >= 11 is 0. The van der Waals surface area contributed by atoms with Gasteiger partial charge in [-0.25, -0.2) is 24.9 Å². The molecule has 0 saturated carbocycles. The molecule has 0 spiro atoms. The lowest BCUT2D eigenvalue weighted by molar-refractivity contribution is 1.07. The molecule has 0 unspecified atom stereocenters. The molecule has 0 fully saturated rings. The van der Waals surface area contributed by atoms with Crippen molar-refractivity contribution in [3.05, 3.63) is 163 Å². The first-order valence-corrected chi connectivity index (χ1v) is 15.7. The molecule has 220 valence electrons. The third kappa shape index (κ3) is 4.86. The average molecular weight is 602 g/mol. The van der Waals surface area contributed by atoms with E-state index in [-0.39, 0.29) is 0 Å². The summed E-state index contributed by atoms with van der Waals surface area (Å²) in [6, 6.07) is 50.2. The SMILES string of the molecule is c1ccc(-c2cccc(-c3nc(-c4ccccc4)nc(-c4cc(-c5ncnc6c5Cc5ccccc5-6)c5ccccc5c4)n3)c2)cc1. The lowest BCUT2D eigenvalue weighted by Crippen LogP contribution is -2.01. The maximum atomic E-state index is 5.13. The topological polar surface area (TPSA) is 64.5 Å². The van der Waals surface area contributed by atoms with Gasteiger partial charge in [-0.2, -0.15) is 0 Å². The summed E-state index contributed by atoms with van der Waals surface area (Å²) in [4.78, 5) is 24.8. The fraction of sp³-hybridized carbons (Fsp3) is 0.0238. The normalized spacial score (nSPS) is 11.7. The zero-order valence-corrected chi connectivity index (χ0v) is 25.4. The summed E-state index contributed by atoms with van der Waals surface area (Å²) in [7, 11) is 0. The minimum Gasteiger partial charge on any atom is -0.236 e. The number of hydrogen-bond donors (Lipinski definition) is 0. The van der Waals surface area contributed by atoms with Crippen LogP contribution in [0.2, 0.25) is 0 Å². The van der Waals surface area contributed by atoms with Gasteiger partial charge in [-0.1, -0.05) is 127 Å². The Kier molecular flexibility index (Phi) is 6.46. The van der Waals surface area contributed by atoms with Gasteiger partial charge in [0, 0.05) is 39.8 Å². The fourth-order valence-electron chi connectivity index (χ4n) is 6.59. The third-order valence-electron chi connectivity index (χ3n) is 8.86. The van der Waals surface area contributed by atoms with Gasteiger partial charge in [0.05, 0.1) is 11.4 Å². The summed E-state index contributed by atoms with van der Waals surface area (Å²) in [6.07, 6.45) is 2.48. The number of benzene rings is 6. The lowest BCUT2D eigenvalue weighted by Gasteiger charge is -2.14. The van der Waals surface area contributed by atoms with Gasteiger partial charge in [0.15, 0.2) is 17.5 Å². The second-order valence-corrected chi connectivity index (χ2v) is 11.7. The van der Waals surface area contributed by atoms with Crippen molar-refractivity contribution in [2.45, 2.75) is 6.42 Å². The molecule has 1 aliphatic carbocycles. The largest absolute Gasteiger partial charge is 0.236 e. The smallest absolute Gasteiger partial charge is 0.164 e. The highest BCUT2D eigenvalue weighted by Crippen LogP contribution is 2.42. The van der Waals surface area contributed by atoms with Gasteiger partial charge in [0.25, 0.3) is 0 Å². The second kappa shape index (κ2) is 11.2. The van der Waals surface area contributed by atoms with Crippen molar-refractivity contribution in [2.24, 2.45) is 0 Å². The molecule has 0 amide bonds. The van der Waals surface area contributed by atoms with Crippen LogP contribution in [0.3, 0.4) is 0 Å². The molecule has 2 heterocycles. The minimum atomic E-state index is 0.611. The molecule has 0 N–H and O–H groups in total. The van der Waals surface area contributed by atoms with Crippen molar-refractivity contribution in [1.82, 2.24) is 24.9 Å². The van der Waals surface area contributed by atoms with Gasteiger partial charge >= 0.3 is 0 Å². The Morgan fingerprint density at radius 3 is 1.81 bits per heavy atom. The average Bonchev–Trinajstić information content (AvgIpc) is 3.54. The van der Waals surface area contributed by atoms with Gasteiger partial charge in [-0.3, -0.25) is 0 Å². The van der Waals surface area contributed by atoms with Crippen LogP contribution in [-0.4, -0.2) is 24.9 Å². The standard InChI is InChI=1S/C42H27N5/c1-3-12-27(13-4-1)29-18-11-19-32(22-29)41-45-40(28-14-5-2-6-15-28)46-42(47-41)33-23-30-16-7-9-20-34(30)36(25-33)39-37-24-31-17-8-10-21-35(31)38(37)43-26-44-39/h1-23,25-26H,24H2.